The van der Waals surface area contributed by atoms with E-state index in [9.17, 15) is 34.8 Å². The summed E-state index contributed by atoms with van der Waals surface area (Å²) in [5.41, 5.74) is -0.495. The van der Waals surface area contributed by atoms with Crippen LogP contribution in [0.15, 0.2) is 41.4 Å². The lowest BCUT2D eigenvalue weighted by atomic mass is 10.0. The zero-order chi connectivity index (χ0) is 31.6. The van der Waals surface area contributed by atoms with Crippen molar-refractivity contribution in [1.82, 2.24) is 10.3 Å². The van der Waals surface area contributed by atoms with Crippen LogP contribution in [0.5, 0.6) is 0 Å². The van der Waals surface area contributed by atoms with Gasteiger partial charge in [-0.25, -0.2) is 21.6 Å². The molecule has 1 aliphatic heterocycles. The second-order valence-electron chi connectivity index (χ2n) is 11.1. The smallest absolute Gasteiger partial charge is 0.417 e. The van der Waals surface area contributed by atoms with Crippen LogP contribution in [0, 0.1) is 18.3 Å². The van der Waals surface area contributed by atoms with Crippen molar-refractivity contribution >= 4 is 25.8 Å². The Morgan fingerprint density at radius 1 is 1.09 bits per heavy atom. The number of aryl methyl sites for hydroxylation is 1. The van der Waals surface area contributed by atoms with E-state index in [1.54, 1.807) is 19.1 Å². The van der Waals surface area contributed by atoms with Crippen molar-refractivity contribution in [1.29, 1.82) is 5.26 Å². The Labute approximate surface area is 248 Å². The van der Waals surface area contributed by atoms with Crippen LogP contribution < -0.4 is 5.32 Å². The maximum atomic E-state index is 13.9. The van der Waals surface area contributed by atoms with E-state index in [-0.39, 0.29) is 36.0 Å². The average molecular weight is 644 g/mol. The molecule has 0 unspecified atom stereocenters. The van der Waals surface area contributed by atoms with Gasteiger partial charge in [-0.3, -0.25) is 4.98 Å². The summed E-state index contributed by atoms with van der Waals surface area (Å²) in [6.07, 6.45) is -2.47. The zero-order valence-electron chi connectivity index (χ0n) is 23.3. The molecule has 2 heterocycles. The van der Waals surface area contributed by atoms with Crippen molar-refractivity contribution in [3.05, 3.63) is 47.8 Å². The first-order valence-corrected chi connectivity index (χ1v) is 17.1. The molecule has 2 atom stereocenters. The van der Waals surface area contributed by atoms with Crippen molar-refractivity contribution in [2.45, 2.75) is 85.9 Å². The molecule has 1 aromatic carbocycles. The highest BCUT2D eigenvalue weighted by Gasteiger charge is 2.45. The molecule has 0 spiro atoms. The van der Waals surface area contributed by atoms with Crippen LogP contribution in [0.3, 0.4) is 0 Å². The fourth-order valence-corrected chi connectivity index (χ4v) is 8.72. The van der Waals surface area contributed by atoms with E-state index in [1.807, 2.05) is 6.07 Å². The molecule has 2 saturated carbocycles. The number of halogens is 3. The summed E-state index contributed by atoms with van der Waals surface area (Å²) in [5.74, 6) is 0.0643. The van der Waals surface area contributed by atoms with Crippen LogP contribution in [-0.2, 0) is 30.6 Å². The van der Waals surface area contributed by atoms with E-state index in [2.05, 4.69) is 10.3 Å². The van der Waals surface area contributed by atoms with Gasteiger partial charge < -0.3 is 15.2 Å². The Bertz CT molecular complexity index is 1600. The zero-order valence-corrected chi connectivity index (χ0v) is 24.9. The first-order valence-electron chi connectivity index (χ1n) is 13.7. The summed E-state index contributed by atoms with van der Waals surface area (Å²) in [5, 5.41) is 17.6. The standard InChI is InChI=1S/C23H26F3NO5S2.C5H6N2O2/c1-15-12-17(6-9-27-15)16-2-5-22(21(13-16)23(24,25)26)34(30,31)20-4-3-19(14-20)32-18-7-10-33(28,29)11-8-18;6-3-5(1-2-5)7-4(8)9/h2,5-6,9,12-13,18-20H,3-4,7-8,10-11,14H2,1H3;7H,1-2H2,(H,8,9)/t19-,20-;/m1./s1. The highest BCUT2D eigenvalue weighted by Crippen LogP contribution is 2.41. The summed E-state index contributed by atoms with van der Waals surface area (Å²) in [6, 6.07) is 8.42. The van der Waals surface area contributed by atoms with Gasteiger partial charge in [0.2, 0.25) is 0 Å². The van der Waals surface area contributed by atoms with Crippen LogP contribution in [0.4, 0.5) is 18.0 Å². The lowest BCUT2D eigenvalue weighted by Crippen LogP contribution is -2.33. The maximum absolute atomic E-state index is 13.9. The number of sulfone groups is 2. The van der Waals surface area contributed by atoms with Crippen molar-refractivity contribution in [2.75, 3.05) is 11.5 Å². The number of ether oxygens (including phenoxy) is 1. The van der Waals surface area contributed by atoms with Gasteiger partial charge in [0, 0.05) is 11.9 Å². The Hall–Kier alpha value is -3.22. The maximum Gasteiger partial charge on any atom is 0.417 e. The molecule has 2 aliphatic carbocycles. The number of hydrogen-bond donors (Lipinski definition) is 2. The molecule has 3 fully saturated rings. The molecule has 0 radical (unpaired) electrons. The Morgan fingerprint density at radius 2 is 1.74 bits per heavy atom. The lowest BCUT2D eigenvalue weighted by molar-refractivity contribution is -0.139. The van der Waals surface area contributed by atoms with Gasteiger partial charge in [0.25, 0.3) is 0 Å². The Morgan fingerprint density at radius 3 is 2.28 bits per heavy atom. The number of nitriles is 1. The number of benzene rings is 1. The molecule has 10 nitrogen and oxygen atoms in total. The van der Waals surface area contributed by atoms with Gasteiger partial charge >= 0.3 is 12.3 Å². The third kappa shape index (κ3) is 8.24. The van der Waals surface area contributed by atoms with Gasteiger partial charge in [0.05, 0.1) is 45.5 Å². The number of nitrogens with one attached hydrogen (secondary N) is 1. The number of nitrogens with zero attached hydrogens (tertiary/aromatic N) is 2. The predicted octanol–water partition coefficient (Wildman–Crippen LogP) is 4.67. The van der Waals surface area contributed by atoms with Crippen LogP contribution in [0.2, 0.25) is 0 Å². The fourth-order valence-electron chi connectivity index (χ4n) is 5.26. The van der Waals surface area contributed by atoms with Gasteiger partial charge in [-0.15, -0.1) is 0 Å². The molecule has 1 saturated heterocycles. The van der Waals surface area contributed by atoms with Gasteiger partial charge in [0.15, 0.2) is 19.7 Å². The second kappa shape index (κ2) is 12.4. The lowest BCUT2D eigenvalue weighted by Gasteiger charge is -2.25. The van der Waals surface area contributed by atoms with Crippen molar-refractivity contribution in [3.8, 4) is 17.2 Å². The van der Waals surface area contributed by atoms with Gasteiger partial charge in [-0.2, -0.15) is 18.4 Å². The largest absolute Gasteiger partial charge is 0.465 e. The van der Waals surface area contributed by atoms with E-state index >= 15 is 0 Å². The number of carboxylic acid groups (broad SMARTS) is 1. The molecule has 0 bridgehead atoms. The van der Waals surface area contributed by atoms with E-state index in [1.165, 1.54) is 12.3 Å². The van der Waals surface area contributed by atoms with Gasteiger partial charge in [-0.05, 0) is 87.3 Å². The Kier molecular flexibility index (Phi) is 9.44. The quantitative estimate of drug-likeness (QED) is 0.455. The molecule has 5 rings (SSSR count). The number of carbonyl (C=O) groups is 1. The topological polar surface area (TPSA) is 164 Å². The Balaban J connectivity index is 0.000000403. The van der Waals surface area contributed by atoms with Gasteiger partial charge in [0.1, 0.15) is 5.54 Å². The second-order valence-corrected chi connectivity index (χ2v) is 15.6. The summed E-state index contributed by atoms with van der Waals surface area (Å²) >= 11 is 0. The molecule has 43 heavy (non-hydrogen) atoms. The van der Waals surface area contributed by atoms with Crippen LogP contribution in [-0.4, -0.2) is 67.5 Å². The SMILES string of the molecule is Cc1cc(-c2ccc(S(=O)(=O)[C@@H]3CC[C@@H](OC4CCS(=O)(=O)CC4)C3)c(C(F)(F)F)c2)ccn1.N#CC1(NC(=O)O)CC1. The molecule has 2 aromatic rings. The minimum Gasteiger partial charge on any atom is -0.465 e. The van der Waals surface area contributed by atoms with E-state index in [0.29, 0.717) is 43.4 Å². The average Bonchev–Trinajstić information content (AvgIpc) is 3.53. The summed E-state index contributed by atoms with van der Waals surface area (Å²) in [4.78, 5) is 13.3. The number of amides is 1. The summed E-state index contributed by atoms with van der Waals surface area (Å²) < 4.78 is 97.5. The summed E-state index contributed by atoms with van der Waals surface area (Å²) in [6.45, 7) is 1.72. The molecule has 3 aliphatic rings. The normalized spacial score (nSPS) is 23.0. The highest BCUT2D eigenvalue weighted by atomic mass is 32.2. The minimum absolute atomic E-state index is 0.0321. The molecule has 15 heteroatoms. The number of aromatic nitrogens is 1. The fraction of sp³-hybridized carbons (Fsp3) is 0.536. The number of alkyl halides is 3. The van der Waals surface area contributed by atoms with Crippen molar-refractivity contribution < 1.29 is 44.6 Å². The molecular formula is C28H32F3N3O7S2. The van der Waals surface area contributed by atoms with Crippen LogP contribution >= 0.6 is 0 Å². The summed E-state index contributed by atoms with van der Waals surface area (Å²) in [7, 11) is -7.31. The van der Waals surface area contributed by atoms with Crippen LogP contribution in [0.25, 0.3) is 11.1 Å². The van der Waals surface area contributed by atoms with Crippen LogP contribution in [0.1, 0.15) is 56.2 Å². The highest BCUT2D eigenvalue weighted by molar-refractivity contribution is 7.92. The number of pyridine rings is 1. The first-order chi connectivity index (χ1) is 20.0. The molecule has 2 N–H and O–H groups in total. The molecule has 1 aromatic heterocycles. The number of hydrogen-bond acceptors (Lipinski definition) is 8. The molecule has 234 valence electrons. The molecular weight excluding hydrogens is 611 g/mol. The van der Waals surface area contributed by atoms with Gasteiger partial charge in [-0.1, -0.05) is 6.07 Å². The van der Waals surface area contributed by atoms with E-state index < -0.39 is 59.3 Å². The first kappa shape index (κ1) is 32.7. The number of rotatable bonds is 6. The third-order valence-electron chi connectivity index (χ3n) is 7.79. The predicted molar refractivity (Wildman–Crippen MR) is 150 cm³/mol. The van der Waals surface area contributed by atoms with E-state index in [4.69, 9.17) is 15.1 Å². The molecule has 1 amide bonds. The van der Waals surface area contributed by atoms with E-state index in [0.717, 1.165) is 12.1 Å². The van der Waals surface area contributed by atoms with Crippen molar-refractivity contribution in [3.63, 3.8) is 0 Å². The minimum atomic E-state index is -4.84. The third-order valence-corrected chi connectivity index (χ3v) is 11.8. The van der Waals surface area contributed by atoms with Crippen molar-refractivity contribution in [2.24, 2.45) is 0 Å². The monoisotopic (exact) mass is 643 g/mol.